The molecule has 0 bridgehead atoms. The van der Waals surface area contributed by atoms with Gasteiger partial charge in [-0.1, -0.05) is 42.0 Å². The van der Waals surface area contributed by atoms with Gasteiger partial charge < -0.3 is 10.8 Å². The standard InChI is InChI=1S/C16H23NO/c1-13(11-14-5-3-2-4-6-14)16(12-17)9-7-15(18)8-10-16/h2-6,11,15,18H,7-10,12,17H2,1H3/b13-11+. The fourth-order valence-corrected chi connectivity index (χ4v) is 2.87. The molecular formula is C16H23NO. The predicted octanol–water partition coefficient (Wildman–Crippen LogP) is 2.97. The molecule has 0 atom stereocenters. The van der Waals surface area contributed by atoms with Crippen molar-refractivity contribution in [2.45, 2.75) is 38.7 Å². The van der Waals surface area contributed by atoms with E-state index in [1.807, 2.05) is 6.07 Å². The van der Waals surface area contributed by atoms with Crippen molar-refractivity contribution in [3.8, 4) is 0 Å². The molecule has 18 heavy (non-hydrogen) atoms. The molecule has 0 spiro atoms. The van der Waals surface area contributed by atoms with Crippen LogP contribution >= 0.6 is 0 Å². The van der Waals surface area contributed by atoms with Crippen LogP contribution in [-0.4, -0.2) is 17.8 Å². The molecule has 1 aromatic carbocycles. The van der Waals surface area contributed by atoms with Crippen LogP contribution in [0.4, 0.5) is 0 Å². The van der Waals surface area contributed by atoms with Gasteiger partial charge in [0.05, 0.1) is 6.10 Å². The lowest BCUT2D eigenvalue weighted by molar-refractivity contribution is 0.0832. The average Bonchev–Trinajstić information content (AvgIpc) is 2.41. The van der Waals surface area contributed by atoms with Gasteiger partial charge in [-0.25, -0.2) is 0 Å². The van der Waals surface area contributed by atoms with Gasteiger partial charge in [-0.05, 0) is 38.2 Å². The first-order valence-electron chi connectivity index (χ1n) is 6.78. The number of hydrogen-bond donors (Lipinski definition) is 2. The summed E-state index contributed by atoms with van der Waals surface area (Å²) in [6, 6.07) is 10.4. The molecular weight excluding hydrogens is 222 g/mol. The van der Waals surface area contributed by atoms with E-state index in [2.05, 4.69) is 37.3 Å². The molecule has 1 aliphatic carbocycles. The Morgan fingerprint density at radius 2 is 1.94 bits per heavy atom. The maximum atomic E-state index is 9.65. The molecule has 2 rings (SSSR count). The van der Waals surface area contributed by atoms with Crippen molar-refractivity contribution < 1.29 is 5.11 Å². The molecule has 0 unspecified atom stereocenters. The highest BCUT2D eigenvalue weighted by atomic mass is 16.3. The van der Waals surface area contributed by atoms with Crippen molar-refractivity contribution >= 4 is 6.08 Å². The number of aliphatic hydroxyl groups is 1. The van der Waals surface area contributed by atoms with Crippen molar-refractivity contribution in [2.75, 3.05) is 6.54 Å². The highest BCUT2D eigenvalue weighted by Crippen LogP contribution is 2.42. The number of aliphatic hydroxyl groups excluding tert-OH is 1. The first kappa shape index (κ1) is 13.3. The van der Waals surface area contributed by atoms with E-state index in [1.54, 1.807) is 0 Å². The highest BCUT2D eigenvalue weighted by Gasteiger charge is 2.34. The zero-order valence-electron chi connectivity index (χ0n) is 11.1. The Morgan fingerprint density at radius 1 is 1.33 bits per heavy atom. The van der Waals surface area contributed by atoms with Crippen LogP contribution in [0.15, 0.2) is 35.9 Å². The Balaban J connectivity index is 2.20. The van der Waals surface area contributed by atoms with Gasteiger partial charge in [-0.3, -0.25) is 0 Å². The maximum Gasteiger partial charge on any atom is 0.0541 e. The van der Waals surface area contributed by atoms with Crippen LogP contribution in [0.2, 0.25) is 0 Å². The number of nitrogens with two attached hydrogens (primary N) is 1. The fraction of sp³-hybridized carbons (Fsp3) is 0.500. The summed E-state index contributed by atoms with van der Waals surface area (Å²) in [6.45, 7) is 2.85. The molecule has 1 saturated carbocycles. The molecule has 0 aromatic heterocycles. The summed E-state index contributed by atoms with van der Waals surface area (Å²) >= 11 is 0. The van der Waals surface area contributed by atoms with Gasteiger partial charge in [0.1, 0.15) is 0 Å². The van der Waals surface area contributed by atoms with Crippen LogP contribution in [0.25, 0.3) is 6.08 Å². The largest absolute Gasteiger partial charge is 0.393 e. The van der Waals surface area contributed by atoms with Crippen LogP contribution in [0.3, 0.4) is 0 Å². The molecule has 0 aliphatic heterocycles. The van der Waals surface area contributed by atoms with Gasteiger partial charge in [-0.15, -0.1) is 0 Å². The normalized spacial score (nSPS) is 29.3. The van der Waals surface area contributed by atoms with Gasteiger partial charge in [0.25, 0.3) is 0 Å². The summed E-state index contributed by atoms with van der Waals surface area (Å²) in [4.78, 5) is 0. The van der Waals surface area contributed by atoms with E-state index in [-0.39, 0.29) is 11.5 Å². The van der Waals surface area contributed by atoms with Crippen molar-refractivity contribution in [1.82, 2.24) is 0 Å². The molecule has 1 aromatic rings. The first-order valence-corrected chi connectivity index (χ1v) is 6.78. The van der Waals surface area contributed by atoms with Crippen LogP contribution in [0.5, 0.6) is 0 Å². The van der Waals surface area contributed by atoms with E-state index in [0.717, 1.165) is 25.7 Å². The molecule has 0 amide bonds. The second-order valence-electron chi connectivity index (χ2n) is 5.45. The van der Waals surface area contributed by atoms with Crippen LogP contribution in [0, 0.1) is 5.41 Å². The van der Waals surface area contributed by atoms with Gasteiger partial charge >= 0.3 is 0 Å². The first-order chi connectivity index (χ1) is 8.66. The lowest BCUT2D eigenvalue weighted by Crippen LogP contribution is -2.37. The minimum absolute atomic E-state index is 0.0923. The Kier molecular flexibility index (Phi) is 4.20. The molecule has 0 radical (unpaired) electrons. The lowest BCUT2D eigenvalue weighted by atomic mass is 9.68. The third kappa shape index (κ3) is 2.82. The Labute approximate surface area is 110 Å². The lowest BCUT2D eigenvalue weighted by Gasteiger charge is -2.39. The quantitative estimate of drug-likeness (QED) is 0.860. The van der Waals surface area contributed by atoms with E-state index in [9.17, 15) is 5.11 Å². The Morgan fingerprint density at radius 3 is 2.50 bits per heavy atom. The molecule has 2 heteroatoms. The van der Waals surface area contributed by atoms with Gasteiger partial charge in [0, 0.05) is 12.0 Å². The summed E-state index contributed by atoms with van der Waals surface area (Å²) in [5.74, 6) is 0. The summed E-state index contributed by atoms with van der Waals surface area (Å²) in [7, 11) is 0. The molecule has 1 fully saturated rings. The van der Waals surface area contributed by atoms with E-state index in [0.29, 0.717) is 6.54 Å². The second kappa shape index (κ2) is 5.68. The van der Waals surface area contributed by atoms with Crippen molar-refractivity contribution in [3.05, 3.63) is 41.5 Å². The minimum atomic E-state index is -0.130. The zero-order valence-corrected chi connectivity index (χ0v) is 11.1. The van der Waals surface area contributed by atoms with Gasteiger partial charge in [0.15, 0.2) is 0 Å². The predicted molar refractivity (Wildman–Crippen MR) is 76.1 cm³/mol. The zero-order chi connectivity index (χ0) is 13.0. The Hall–Kier alpha value is -1.12. The average molecular weight is 245 g/mol. The van der Waals surface area contributed by atoms with Crippen LogP contribution in [0.1, 0.15) is 38.2 Å². The molecule has 0 saturated heterocycles. The van der Waals surface area contributed by atoms with Gasteiger partial charge in [0.2, 0.25) is 0 Å². The minimum Gasteiger partial charge on any atom is -0.393 e. The molecule has 2 nitrogen and oxygen atoms in total. The summed E-state index contributed by atoms with van der Waals surface area (Å²) < 4.78 is 0. The fourth-order valence-electron chi connectivity index (χ4n) is 2.87. The number of benzene rings is 1. The maximum absolute atomic E-state index is 9.65. The summed E-state index contributed by atoms with van der Waals surface area (Å²) in [5.41, 5.74) is 8.69. The molecule has 0 heterocycles. The Bertz CT molecular complexity index is 402. The van der Waals surface area contributed by atoms with Crippen LogP contribution < -0.4 is 5.73 Å². The van der Waals surface area contributed by atoms with Crippen LogP contribution in [-0.2, 0) is 0 Å². The summed E-state index contributed by atoms with van der Waals surface area (Å²) in [5, 5.41) is 9.65. The van der Waals surface area contributed by atoms with E-state index in [1.165, 1.54) is 11.1 Å². The topological polar surface area (TPSA) is 46.2 Å². The molecule has 3 N–H and O–H groups in total. The van der Waals surface area contributed by atoms with Crippen molar-refractivity contribution in [1.29, 1.82) is 0 Å². The monoisotopic (exact) mass is 245 g/mol. The highest BCUT2D eigenvalue weighted by molar-refractivity contribution is 5.53. The van der Waals surface area contributed by atoms with Gasteiger partial charge in [-0.2, -0.15) is 0 Å². The SMILES string of the molecule is C/C(=C\c1ccccc1)C1(CN)CCC(O)CC1. The smallest absolute Gasteiger partial charge is 0.0541 e. The van der Waals surface area contributed by atoms with Crippen molar-refractivity contribution in [3.63, 3.8) is 0 Å². The molecule has 1 aliphatic rings. The van der Waals surface area contributed by atoms with E-state index in [4.69, 9.17) is 5.73 Å². The van der Waals surface area contributed by atoms with Crippen molar-refractivity contribution in [2.24, 2.45) is 11.1 Å². The molecule has 98 valence electrons. The van der Waals surface area contributed by atoms with E-state index < -0.39 is 0 Å². The third-order valence-electron chi connectivity index (χ3n) is 4.32. The number of hydrogen-bond acceptors (Lipinski definition) is 2. The second-order valence-corrected chi connectivity index (χ2v) is 5.45. The summed E-state index contributed by atoms with van der Waals surface area (Å²) in [6.07, 6.45) is 5.85. The number of rotatable bonds is 3. The van der Waals surface area contributed by atoms with E-state index >= 15 is 0 Å². The third-order valence-corrected chi connectivity index (χ3v) is 4.32.